The Morgan fingerprint density at radius 3 is 2.57 bits per heavy atom. The van der Waals surface area contributed by atoms with E-state index in [0.29, 0.717) is 40.5 Å². The SMILES string of the molecule is CCCOc1ccc(-c2cc(C=O)c(F)cc2C)cc1CNC(=O)c1ccc(OC(C)C)cc1Cl. The van der Waals surface area contributed by atoms with Gasteiger partial charge in [0.1, 0.15) is 17.3 Å². The van der Waals surface area contributed by atoms with Gasteiger partial charge in [0.15, 0.2) is 6.29 Å². The van der Waals surface area contributed by atoms with Crippen LogP contribution < -0.4 is 14.8 Å². The maximum Gasteiger partial charge on any atom is 0.253 e. The summed E-state index contributed by atoms with van der Waals surface area (Å²) in [5.41, 5.74) is 3.28. The van der Waals surface area contributed by atoms with Crippen molar-refractivity contribution in [2.45, 2.75) is 46.8 Å². The van der Waals surface area contributed by atoms with Crippen molar-refractivity contribution in [1.29, 1.82) is 0 Å². The number of aryl methyl sites for hydroxylation is 1. The molecule has 3 aromatic rings. The van der Waals surface area contributed by atoms with Crippen molar-refractivity contribution < 1.29 is 23.5 Å². The van der Waals surface area contributed by atoms with E-state index in [0.717, 1.165) is 23.1 Å². The lowest BCUT2D eigenvalue weighted by Gasteiger charge is -2.16. The third kappa shape index (κ3) is 6.61. The minimum absolute atomic E-state index is 0.00748. The Morgan fingerprint density at radius 1 is 1.14 bits per heavy atom. The van der Waals surface area contributed by atoms with Crippen LogP contribution in [0.4, 0.5) is 4.39 Å². The number of carbonyl (C=O) groups excluding carboxylic acids is 2. The molecule has 1 N–H and O–H groups in total. The quantitative estimate of drug-likeness (QED) is 0.314. The van der Waals surface area contributed by atoms with Crippen molar-refractivity contribution in [2.75, 3.05) is 6.61 Å². The third-order valence-electron chi connectivity index (χ3n) is 5.30. The van der Waals surface area contributed by atoms with Crippen molar-refractivity contribution in [3.63, 3.8) is 0 Å². The van der Waals surface area contributed by atoms with Gasteiger partial charge in [-0.1, -0.05) is 24.6 Å². The number of hydrogen-bond donors (Lipinski definition) is 1. The summed E-state index contributed by atoms with van der Waals surface area (Å²) in [4.78, 5) is 24.1. The molecule has 0 radical (unpaired) electrons. The first-order valence-electron chi connectivity index (χ1n) is 11.5. The summed E-state index contributed by atoms with van der Waals surface area (Å²) in [5.74, 6) is 0.337. The van der Waals surface area contributed by atoms with E-state index in [-0.39, 0.29) is 24.1 Å². The highest BCUT2D eigenvalue weighted by Gasteiger charge is 2.15. The van der Waals surface area contributed by atoms with E-state index >= 15 is 0 Å². The van der Waals surface area contributed by atoms with Crippen molar-refractivity contribution in [3.05, 3.63) is 81.6 Å². The topological polar surface area (TPSA) is 64.6 Å². The van der Waals surface area contributed by atoms with Crippen LogP contribution in [0.5, 0.6) is 11.5 Å². The number of ether oxygens (including phenoxy) is 2. The van der Waals surface area contributed by atoms with Crippen LogP contribution in [0.25, 0.3) is 11.1 Å². The number of nitrogens with one attached hydrogen (secondary N) is 1. The van der Waals surface area contributed by atoms with Crippen LogP contribution in [0.1, 0.15) is 59.0 Å². The number of rotatable bonds is 10. The molecule has 0 aliphatic carbocycles. The summed E-state index contributed by atoms with van der Waals surface area (Å²) in [6, 6.07) is 13.4. The molecule has 0 aliphatic rings. The van der Waals surface area contributed by atoms with Crippen molar-refractivity contribution in [2.24, 2.45) is 0 Å². The largest absolute Gasteiger partial charge is 0.493 e. The lowest BCUT2D eigenvalue weighted by atomic mass is 9.96. The Labute approximate surface area is 210 Å². The number of benzene rings is 3. The number of amides is 1. The molecule has 1 amide bonds. The van der Waals surface area contributed by atoms with Crippen LogP contribution in [-0.4, -0.2) is 24.9 Å². The normalized spacial score (nSPS) is 10.8. The maximum atomic E-state index is 14.0. The van der Waals surface area contributed by atoms with Gasteiger partial charge in [0.25, 0.3) is 5.91 Å². The first kappa shape index (κ1) is 26.2. The summed E-state index contributed by atoms with van der Waals surface area (Å²) in [6.45, 7) is 8.32. The number of halogens is 2. The first-order chi connectivity index (χ1) is 16.7. The molecule has 0 bridgehead atoms. The third-order valence-corrected chi connectivity index (χ3v) is 5.61. The molecule has 0 aliphatic heterocycles. The molecule has 184 valence electrons. The van der Waals surface area contributed by atoms with Gasteiger partial charge >= 0.3 is 0 Å². The lowest BCUT2D eigenvalue weighted by Crippen LogP contribution is -2.23. The van der Waals surface area contributed by atoms with E-state index in [9.17, 15) is 14.0 Å². The average molecular weight is 498 g/mol. The predicted octanol–water partition coefficient (Wildman–Crippen LogP) is 6.77. The van der Waals surface area contributed by atoms with Gasteiger partial charge in [-0.25, -0.2) is 4.39 Å². The smallest absolute Gasteiger partial charge is 0.253 e. The molecular weight excluding hydrogens is 469 g/mol. The molecule has 0 unspecified atom stereocenters. The van der Waals surface area contributed by atoms with Crippen LogP contribution in [0.2, 0.25) is 5.02 Å². The zero-order chi connectivity index (χ0) is 25.5. The minimum Gasteiger partial charge on any atom is -0.493 e. The Balaban J connectivity index is 1.88. The van der Waals surface area contributed by atoms with E-state index in [1.54, 1.807) is 25.1 Å². The maximum absolute atomic E-state index is 14.0. The minimum atomic E-state index is -0.557. The average Bonchev–Trinajstić information content (AvgIpc) is 2.81. The fourth-order valence-corrected chi connectivity index (χ4v) is 3.88. The Kier molecular flexibility index (Phi) is 8.88. The molecule has 0 saturated carbocycles. The van der Waals surface area contributed by atoms with E-state index in [1.165, 1.54) is 12.1 Å². The Hall–Kier alpha value is -3.38. The van der Waals surface area contributed by atoms with E-state index < -0.39 is 5.82 Å². The zero-order valence-corrected chi connectivity index (χ0v) is 21.0. The van der Waals surface area contributed by atoms with E-state index in [4.69, 9.17) is 21.1 Å². The molecule has 3 aromatic carbocycles. The monoisotopic (exact) mass is 497 g/mol. The van der Waals surface area contributed by atoms with Gasteiger partial charge in [-0.05, 0) is 86.3 Å². The summed E-state index contributed by atoms with van der Waals surface area (Å²) < 4.78 is 25.5. The highest BCUT2D eigenvalue weighted by Crippen LogP contribution is 2.31. The molecule has 0 atom stereocenters. The fraction of sp³-hybridized carbons (Fsp3) is 0.286. The molecule has 0 aromatic heterocycles. The van der Waals surface area contributed by atoms with Crippen LogP contribution in [0, 0.1) is 12.7 Å². The second-order valence-corrected chi connectivity index (χ2v) is 8.88. The number of aldehydes is 1. The van der Waals surface area contributed by atoms with Crippen LogP contribution in [-0.2, 0) is 6.54 Å². The number of hydrogen-bond acceptors (Lipinski definition) is 4. The lowest BCUT2D eigenvalue weighted by molar-refractivity contribution is 0.0950. The molecule has 3 rings (SSSR count). The summed E-state index contributed by atoms with van der Waals surface area (Å²) in [6.07, 6.45) is 1.32. The standard InChI is InChI=1S/C28H29ClFNO4/c1-5-10-34-27-9-6-19(24-13-21(16-32)26(30)11-18(24)4)12-20(27)15-31-28(33)23-8-7-22(14-25(23)29)35-17(2)3/h6-9,11-14,16-17H,5,10,15H2,1-4H3,(H,31,33). The highest BCUT2D eigenvalue weighted by molar-refractivity contribution is 6.34. The van der Waals surface area contributed by atoms with Crippen molar-refractivity contribution in [1.82, 2.24) is 5.32 Å². The predicted molar refractivity (Wildman–Crippen MR) is 136 cm³/mol. The fourth-order valence-electron chi connectivity index (χ4n) is 3.62. The molecule has 5 nitrogen and oxygen atoms in total. The van der Waals surface area contributed by atoms with Gasteiger partial charge in [0, 0.05) is 12.1 Å². The molecule has 7 heteroatoms. The van der Waals surface area contributed by atoms with Crippen LogP contribution in [0.15, 0.2) is 48.5 Å². The van der Waals surface area contributed by atoms with E-state index in [2.05, 4.69) is 5.32 Å². The van der Waals surface area contributed by atoms with Gasteiger partial charge in [-0.15, -0.1) is 0 Å². The van der Waals surface area contributed by atoms with Crippen LogP contribution >= 0.6 is 11.6 Å². The summed E-state index contributed by atoms with van der Waals surface area (Å²) in [7, 11) is 0. The zero-order valence-electron chi connectivity index (χ0n) is 20.3. The van der Waals surface area contributed by atoms with Gasteiger partial charge in [-0.3, -0.25) is 9.59 Å². The van der Waals surface area contributed by atoms with Crippen LogP contribution in [0.3, 0.4) is 0 Å². The van der Waals surface area contributed by atoms with Gasteiger partial charge in [0.2, 0.25) is 0 Å². The molecule has 0 saturated heterocycles. The molecule has 0 fully saturated rings. The summed E-state index contributed by atoms with van der Waals surface area (Å²) >= 11 is 6.33. The highest BCUT2D eigenvalue weighted by atomic mass is 35.5. The molecule has 35 heavy (non-hydrogen) atoms. The van der Waals surface area contributed by atoms with E-state index in [1.807, 2.05) is 39.0 Å². The second-order valence-electron chi connectivity index (χ2n) is 8.47. The van der Waals surface area contributed by atoms with Gasteiger partial charge in [0.05, 0.1) is 28.9 Å². The second kappa shape index (κ2) is 11.8. The Bertz CT molecular complexity index is 1230. The summed E-state index contributed by atoms with van der Waals surface area (Å²) in [5, 5.41) is 3.19. The van der Waals surface area contributed by atoms with Crippen molar-refractivity contribution in [3.8, 4) is 22.6 Å². The number of carbonyl (C=O) groups is 2. The van der Waals surface area contributed by atoms with Crippen molar-refractivity contribution >= 4 is 23.8 Å². The molecular formula is C28H29ClFNO4. The molecule has 0 spiro atoms. The van der Waals surface area contributed by atoms with Gasteiger partial charge < -0.3 is 14.8 Å². The Morgan fingerprint density at radius 2 is 1.91 bits per heavy atom. The van der Waals surface area contributed by atoms with Gasteiger partial charge in [-0.2, -0.15) is 0 Å². The first-order valence-corrected chi connectivity index (χ1v) is 11.9. The molecule has 0 heterocycles.